The van der Waals surface area contributed by atoms with Gasteiger partial charge in [-0.15, -0.1) is 0 Å². The number of carbonyl (C=O) groups is 2. The van der Waals surface area contributed by atoms with Gasteiger partial charge in [0.1, 0.15) is 0 Å². The molecule has 0 aromatic heterocycles. The Labute approximate surface area is 159 Å². The summed E-state index contributed by atoms with van der Waals surface area (Å²) in [7, 11) is 0. The molecule has 0 spiro atoms. The molecule has 25 heavy (non-hydrogen) atoms. The van der Waals surface area contributed by atoms with Crippen LogP contribution in [0.2, 0.25) is 10.0 Å². The van der Waals surface area contributed by atoms with Crippen molar-refractivity contribution >= 4 is 35.0 Å². The third-order valence-corrected chi connectivity index (χ3v) is 5.16. The van der Waals surface area contributed by atoms with E-state index in [9.17, 15) is 9.59 Å². The molecular weight excluding hydrogens is 361 g/mol. The van der Waals surface area contributed by atoms with Crippen LogP contribution >= 0.6 is 23.2 Å². The molecule has 2 amide bonds. The summed E-state index contributed by atoms with van der Waals surface area (Å²) in [6.07, 6.45) is 2.41. The summed E-state index contributed by atoms with van der Waals surface area (Å²) in [6, 6.07) is 5.28. The van der Waals surface area contributed by atoms with Gasteiger partial charge in [0.25, 0.3) is 5.91 Å². The van der Waals surface area contributed by atoms with Crippen molar-refractivity contribution in [2.75, 3.05) is 39.3 Å². The molecule has 2 N–H and O–H groups in total. The number of carbonyl (C=O) groups excluding carboxylic acids is 2. The van der Waals surface area contributed by atoms with Crippen LogP contribution in [0.3, 0.4) is 0 Å². The lowest BCUT2D eigenvalue weighted by Gasteiger charge is -2.32. The fraction of sp³-hybridized carbons (Fsp3) is 0.556. The fourth-order valence-electron chi connectivity index (χ4n) is 2.88. The minimum Gasteiger partial charge on any atom is -0.351 e. The molecule has 1 fully saturated rings. The van der Waals surface area contributed by atoms with Crippen LogP contribution in [0.1, 0.15) is 25.3 Å². The number of piperazine rings is 1. The molecule has 0 radical (unpaired) electrons. The summed E-state index contributed by atoms with van der Waals surface area (Å²) in [5.41, 5.74) is 0.865. The normalized spacial score (nSPS) is 15.2. The molecule has 1 saturated heterocycles. The molecule has 1 aliphatic heterocycles. The molecule has 7 heteroatoms. The number of unbranched alkanes of at least 4 members (excludes halogenated alkanes) is 1. The van der Waals surface area contributed by atoms with Gasteiger partial charge in [-0.2, -0.15) is 0 Å². The zero-order valence-electron chi connectivity index (χ0n) is 14.6. The van der Waals surface area contributed by atoms with E-state index in [0.717, 1.165) is 38.0 Å². The van der Waals surface area contributed by atoms with Crippen LogP contribution in [0.15, 0.2) is 18.2 Å². The smallest absolute Gasteiger partial charge is 0.275 e. The summed E-state index contributed by atoms with van der Waals surface area (Å²) < 4.78 is 0. The van der Waals surface area contributed by atoms with Crippen LogP contribution in [0.5, 0.6) is 0 Å². The molecule has 1 aromatic rings. The Kier molecular flexibility index (Phi) is 8.00. The molecule has 0 unspecified atom stereocenters. The van der Waals surface area contributed by atoms with Crippen molar-refractivity contribution in [3.05, 3.63) is 33.8 Å². The van der Waals surface area contributed by atoms with Gasteiger partial charge in [0, 0.05) is 6.54 Å². The number of benzene rings is 1. The number of hydrogen-bond acceptors (Lipinski definition) is 2. The minimum absolute atomic E-state index is 0.0878. The van der Waals surface area contributed by atoms with Gasteiger partial charge in [0.05, 0.1) is 42.6 Å². The van der Waals surface area contributed by atoms with Crippen LogP contribution in [0, 0.1) is 0 Å². The topological polar surface area (TPSA) is 53.9 Å². The summed E-state index contributed by atoms with van der Waals surface area (Å²) in [5, 5.41) is 3.90. The molecule has 0 saturated carbocycles. The van der Waals surface area contributed by atoms with Crippen molar-refractivity contribution < 1.29 is 14.5 Å². The fourth-order valence-corrected chi connectivity index (χ4v) is 3.20. The summed E-state index contributed by atoms with van der Waals surface area (Å²) >= 11 is 11.9. The number of hydrogen-bond donors (Lipinski definition) is 2. The van der Waals surface area contributed by atoms with Crippen molar-refractivity contribution in [1.29, 1.82) is 0 Å². The molecule has 5 nitrogen and oxygen atoms in total. The van der Waals surface area contributed by atoms with Crippen LogP contribution in [-0.4, -0.2) is 56.0 Å². The molecule has 0 atom stereocenters. The molecule has 1 aromatic carbocycles. The third kappa shape index (κ3) is 6.49. The van der Waals surface area contributed by atoms with Crippen LogP contribution < -0.4 is 10.2 Å². The molecular formula is C18H26Cl2N3O2+. The van der Waals surface area contributed by atoms with E-state index in [2.05, 4.69) is 12.2 Å². The number of rotatable bonds is 7. The highest BCUT2D eigenvalue weighted by molar-refractivity contribution is 6.42. The SMILES string of the molecule is CCCCNC(=O)C[NH+]1CCN(C(=O)Cc2ccc(Cl)c(Cl)c2)CC1. The maximum absolute atomic E-state index is 12.4. The van der Waals surface area contributed by atoms with E-state index in [-0.39, 0.29) is 11.8 Å². The van der Waals surface area contributed by atoms with Gasteiger partial charge in [-0.25, -0.2) is 0 Å². The van der Waals surface area contributed by atoms with Crippen LogP contribution in [0.4, 0.5) is 0 Å². The van der Waals surface area contributed by atoms with Gasteiger partial charge < -0.3 is 15.1 Å². The second-order valence-corrected chi connectivity index (χ2v) is 7.25. The van der Waals surface area contributed by atoms with Crippen molar-refractivity contribution in [3.63, 3.8) is 0 Å². The van der Waals surface area contributed by atoms with E-state index >= 15 is 0 Å². The van der Waals surface area contributed by atoms with Gasteiger partial charge in [-0.05, 0) is 24.1 Å². The Morgan fingerprint density at radius 3 is 2.56 bits per heavy atom. The summed E-state index contributed by atoms with van der Waals surface area (Å²) in [5.74, 6) is 0.184. The molecule has 0 aliphatic carbocycles. The average Bonchev–Trinajstić information content (AvgIpc) is 2.59. The van der Waals surface area contributed by atoms with Crippen molar-refractivity contribution in [1.82, 2.24) is 10.2 Å². The van der Waals surface area contributed by atoms with Crippen molar-refractivity contribution in [2.45, 2.75) is 26.2 Å². The summed E-state index contributed by atoms with van der Waals surface area (Å²) in [6.45, 7) is 6.29. The van der Waals surface area contributed by atoms with Gasteiger partial charge in [0.15, 0.2) is 6.54 Å². The molecule has 1 heterocycles. The average molecular weight is 387 g/mol. The van der Waals surface area contributed by atoms with E-state index in [4.69, 9.17) is 23.2 Å². The van der Waals surface area contributed by atoms with E-state index in [1.54, 1.807) is 12.1 Å². The lowest BCUT2D eigenvalue weighted by Crippen LogP contribution is -3.15. The molecule has 2 rings (SSSR count). The zero-order chi connectivity index (χ0) is 18.2. The second-order valence-electron chi connectivity index (χ2n) is 6.44. The van der Waals surface area contributed by atoms with Gasteiger partial charge in [-0.1, -0.05) is 42.6 Å². The monoisotopic (exact) mass is 386 g/mol. The Morgan fingerprint density at radius 1 is 1.20 bits per heavy atom. The molecule has 0 bridgehead atoms. The quantitative estimate of drug-likeness (QED) is 0.691. The second kappa shape index (κ2) is 10.00. The number of quaternary nitrogens is 1. The Hall–Kier alpha value is -1.30. The van der Waals surface area contributed by atoms with Crippen molar-refractivity contribution in [2.24, 2.45) is 0 Å². The lowest BCUT2D eigenvalue weighted by molar-refractivity contribution is -0.896. The van der Waals surface area contributed by atoms with Crippen LogP contribution in [0.25, 0.3) is 0 Å². The predicted molar refractivity (Wildman–Crippen MR) is 100 cm³/mol. The van der Waals surface area contributed by atoms with Crippen LogP contribution in [-0.2, 0) is 16.0 Å². The van der Waals surface area contributed by atoms with Gasteiger partial charge in [0.2, 0.25) is 5.91 Å². The number of halogens is 2. The highest BCUT2D eigenvalue weighted by Crippen LogP contribution is 2.23. The molecule has 138 valence electrons. The lowest BCUT2D eigenvalue weighted by atomic mass is 10.1. The van der Waals surface area contributed by atoms with E-state index < -0.39 is 0 Å². The predicted octanol–water partition coefficient (Wildman–Crippen LogP) is 1.18. The van der Waals surface area contributed by atoms with Gasteiger partial charge in [-0.3, -0.25) is 9.59 Å². The molecule has 1 aliphatic rings. The number of nitrogens with zero attached hydrogens (tertiary/aromatic N) is 1. The Balaban J connectivity index is 1.74. The first-order valence-electron chi connectivity index (χ1n) is 8.81. The highest BCUT2D eigenvalue weighted by Gasteiger charge is 2.25. The van der Waals surface area contributed by atoms with Crippen molar-refractivity contribution in [3.8, 4) is 0 Å². The zero-order valence-corrected chi connectivity index (χ0v) is 16.1. The Morgan fingerprint density at radius 2 is 1.92 bits per heavy atom. The first-order valence-corrected chi connectivity index (χ1v) is 9.57. The van der Waals surface area contributed by atoms with E-state index in [0.29, 0.717) is 36.1 Å². The Bertz CT molecular complexity index is 602. The first kappa shape index (κ1) is 20.0. The highest BCUT2D eigenvalue weighted by atomic mass is 35.5. The number of nitrogens with one attached hydrogen (secondary N) is 2. The van der Waals surface area contributed by atoms with E-state index in [1.165, 1.54) is 4.90 Å². The maximum Gasteiger partial charge on any atom is 0.275 e. The largest absolute Gasteiger partial charge is 0.351 e. The summed E-state index contributed by atoms with van der Waals surface area (Å²) in [4.78, 5) is 27.4. The minimum atomic E-state index is 0.0878. The first-order chi connectivity index (χ1) is 12.0. The standard InChI is InChI=1S/C18H25Cl2N3O2/c1-2-3-6-21-17(24)13-22-7-9-23(10-8-22)18(25)12-14-4-5-15(19)16(20)11-14/h4-5,11H,2-3,6-10,12-13H2,1H3,(H,21,24)/p+1. The maximum atomic E-state index is 12.4. The third-order valence-electron chi connectivity index (χ3n) is 4.43. The number of amides is 2. The van der Waals surface area contributed by atoms with E-state index in [1.807, 2.05) is 11.0 Å². The van der Waals surface area contributed by atoms with Gasteiger partial charge >= 0.3 is 0 Å².